The predicted molar refractivity (Wildman–Crippen MR) is 156 cm³/mol. The van der Waals surface area contributed by atoms with E-state index in [0.717, 1.165) is 42.7 Å². The summed E-state index contributed by atoms with van der Waals surface area (Å²) in [5, 5.41) is 6.98. The van der Waals surface area contributed by atoms with Crippen LogP contribution in [0.1, 0.15) is 0 Å². The summed E-state index contributed by atoms with van der Waals surface area (Å²) in [6.45, 7) is 0. The Morgan fingerprint density at radius 1 is 0.405 bits per heavy atom. The average Bonchev–Trinajstić information content (AvgIpc) is 2.97. The summed E-state index contributed by atoms with van der Waals surface area (Å²) in [7, 11) is 0. The first-order chi connectivity index (χ1) is 18.2. The van der Waals surface area contributed by atoms with Gasteiger partial charge in [-0.3, -0.25) is 0 Å². The number of aromatic nitrogens is 3. The van der Waals surface area contributed by atoms with Crippen LogP contribution in [-0.2, 0) is 0 Å². The molecule has 3 nitrogen and oxygen atoms in total. The lowest BCUT2D eigenvalue weighted by Crippen LogP contribution is -2.01. The highest BCUT2D eigenvalue weighted by molar-refractivity contribution is 9.10. The maximum absolute atomic E-state index is 5.06. The van der Waals surface area contributed by atoms with Crippen molar-refractivity contribution < 1.29 is 0 Å². The molecule has 7 aromatic rings. The van der Waals surface area contributed by atoms with Crippen molar-refractivity contribution in [2.45, 2.75) is 0 Å². The minimum atomic E-state index is 0.646. The summed E-state index contributed by atoms with van der Waals surface area (Å²) >= 11 is 3.76. The highest BCUT2D eigenvalue weighted by Gasteiger charge is 2.16. The van der Waals surface area contributed by atoms with Crippen LogP contribution in [0.3, 0.4) is 0 Å². The van der Waals surface area contributed by atoms with Crippen LogP contribution in [0.2, 0.25) is 0 Å². The molecule has 1 aromatic heterocycles. The van der Waals surface area contributed by atoms with Crippen molar-refractivity contribution in [3.8, 4) is 34.2 Å². The fourth-order valence-corrected chi connectivity index (χ4v) is 5.58. The molecule has 174 valence electrons. The number of benzene rings is 6. The monoisotopic (exact) mass is 537 g/mol. The zero-order chi connectivity index (χ0) is 24.8. The van der Waals surface area contributed by atoms with Gasteiger partial charge in [0.25, 0.3) is 0 Å². The van der Waals surface area contributed by atoms with Crippen LogP contribution in [-0.4, -0.2) is 15.0 Å². The van der Waals surface area contributed by atoms with Crippen LogP contribution in [0.15, 0.2) is 126 Å². The first kappa shape index (κ1) is 21.8. The molecule has 0 bridgehead atoms. The molecule has 0 aliphatic rings. The van der Waals surface area contributed by atoms with E-state index in [4.69, 9.17) is 15.0 Å². The Hall–Kier alpha value is -4.41. The van der Waals surface area contributed by atoms with Gasteiger partial charge in [-0.15, -0.1) is 0 Å². The molecule has 0 fully saturated rings. The van der Waals surface area contributed by atoms with E-state index >= 15 is 0 Å². The first-order valence-electron chi connectivity index (χ1n) is 12.2. The highest BCUT2D eigenvalue weighted by Crippen LogP contribution is 2.36. The number of nitrogens with zero attached hydrogens (tertiary/aromatic N) is 3. The molecule has 0 atom stereocenters. The van der Waals surface area contributed by atoms with Gasteiger partial charge in [-0.25, -0.2) is 15.0 Å². The Labute approximate surface area is 222 Å². The van der Waals surface area contributed by atoms with Gasteiger partial charge in [0, 0.05) is 21.2 Å². The molecule has 37 heavy (non-hydrogen) atoms. The van der Waals surface area contributed by atoms with E-state index in [2.05, 4.69) is 94.8 Å². The molecule has 1 heterocycles. The lowest BCUT2D eigenvalue weighted by atomic mass is 9.97. The van der Waals surface area contributed by atoms with Crippen LogP contribution in [0.5, 0.6) is 0 Å². The van der Waals surface area contributed by atoms with E-state index in [-0.39, 0.29) is 0 Å². The van der Waals surface area contributed by atoms with E-state index in [1.807, 2.05) is 42.5 Å². The largest absolute Gasteiger partial charge is 0.208 e. The van der Waals surface area contributed by atoms with Gasteiger partial charge in [-0.05, 0) is 50.5 Å². The van der Waals surface area contributed by atoms with Gasteiger partial charge >= 0.3 is 0 Å². The van der Waals surface area contributed by atoms with E-state index in [1.165, 1.54) is 10.8 Å². The SMILES string of the molecule is Brc1cc(-c2nc(-c3ccccc3)nc(-c3cc4ccccc4c4ccccc34)n2)cc2ccccc12. The summed E-state index contributed by atoms with van der Waals surface area (Å²) in [5.41, 5.74) is 2.89. The zero-order valence-corrected chi connectivity index (χ0v) is 21.4. The number of hydrogen-bond donors (Lipinski definition) is 0. The van der Waals surface area contributed by atoms with Gasteiger partial charge in [0.15, 0.2) is 17.5 Å². The maximum Gasteiger partial charge on any atom is 0.164 e. The summed E-state index contributed by atoms with van der Waals surface area (Å²) in [5.74, 6) is 1.96. The van der Waals surface area contributed by atoms with Crippen LogP contribution in [0.25, 0.3) is 66.5 Å². The summed E-state index contributed by atoms with van der Waals surface area (Å²) < 4.78 is 1.01. The summed E-state index contributed by atoms with van der Waals surface area (Å²) in [6.07, 6.45) is 0. The molecular weight excluding hydrogens is 518 g/mol. The maximum atomic E-state index is 5.06. The van der Waals surface area contributed by atoms with Gasteiger partial charge in [0.05, 0.1) is 0 Å². The molecule has 0 saturated carbocycles. The third-order valence-electron chi connectivity index (χ3n) is 6.75. The predicted octanol–water partition coefficient (Wildman–Crippen LogP) is 9.09. The number of halogens is 1. The molecular formula is C33H20BrN3. The van der Waals surface area contributed by atoms with Gasteiger partial charge in [0.2, 0.25) is 0 Å². The Morgan fingerprint density at radius 2 is 0.946 bits per heavy atom. The normalized spacial score (nSPS) is 11.4. The van der Waals surface area contributed by atoms with E-state index in [9.17, 15) is 0 Å². The molecule has 4 heteroatoms. The van der Waals surface area contributed by atoms with E-state index in [0.29, 0.717) is 17.5 Å². The van der Waals surface area contributed by atoms with Gasteiger partial charge in [-0.2, -0.15) is 0 Å². The van der Waals surface area contributed by atoms with Crippen LogP contribution < -0.4 is 0 Å². The fraction of sp³-hybridized carbons (Fsp3) is 0. The van der Waals surface area contributed by atoms with Gasteiger partial charge in [0.1, 0.15) is 0 Å². The molecule has 0 spiro atoms. The lowest BCUT2D eigenvalue weighted by molar-refractivity contribution is 1.08. The van der Waals surface area contributed by atoms with Gasteiger partial charge in [-0.1, -0.05) is 119 Å². The quantitative estimate of drug-likeness (QED) is 0.211. The third-order valence-corrected chi connectivity index (χ3v) is 7.40. The molecule has 0 amide bonds. The molecule has 0 aliphatic heterocycles. The minimum Gasteiger partial charge on any atom is -0.208 e. The second kappa shape index (κ2) is 8.91. The van der Waals surface area contributed by atoms with Crippen LogP contribution in [0, 0.1) is 0 Å². The van der Waals surface area contributed by atoms with E-state index in [1.54, 1.807) is 0 Å². The highest BCUT2D eigenvalue weighted by atomic mass is 79.9. The number of fused-ring (bicyclic) bond motifs is 4. The molecule has 0 unspecified atom stereocenters. The van der Waals surface area contributed by atoms with Crippen molar-refractivity contribution in [3.05, 3.63) is 126 Å². The Balaban J connectivity index is 1.53. The van der Waals surface area contributed by atoms with Crippen molar-refractivity contribution in [1.82, 2.24) is 15.0 Å². The molecule has 0 N–H and O–H groups in total. The van der Waals surface area contributed by atoms with Crippen molar-refractivity contribution in [3.63, 3.8) is 0 Å². The Kier molecular flexibility index (Phi) is 5.26. The zero-order valence-electron chi connectivity index (χ0n) is 19.8. The van der Waals surface area contributed by atoms with Crippen molar-refractivity contribution in [2.75, 3.05) is 0 Å². The van der Waals surface area contributed by atoms with Crippen molar-refractivity contribution in [1.29, 1.82) is 0 Å². The van der Waals surface area contributed by atoms with Crippen molar-refractivity contribution >= 4 is 48.2 Å². The molecule has 0 aliphatic carbocycles. The smallest absolute Gasteiger partial charge is 0.164 e. The summed E-state index contributed by atoms with van der Waals surface area (Å²) in [4.78, 5) is 15.0. The Morgan fingerprint density at radius 3 is 1.70 bits per heavy atom. The summed E-state index contributed by atoms with van der Waals surface area (Å²) in [6, 6.07) is 41.8. The Bertz CT molecular complexity index is 1950. The fourth-order valence-electron chi connectivity index (χ4n) is 4.97. The van der Waals surface area contributed by atoms with Gasteiger partial charge < -0.3 is 0 Å². The second-order valence-electron chi connectivity index (χ2n) is 9.04. The molecule has 0 radical (unpaired) electrons. The first-order valence-corrected chi connectivity index (χ1v) is 12.9. The minimum absolute atomic E-state index is 0.646. The molecule has 6 aromatic carbocycles. The van der Waals surface area contributed by atoms with E-state index < -0.39 is 0 Å². The second-order valence-corrected chi connectivity index (χ2v) is 9.90. The topological polar surface area (TPSA) is 38.7 Å². The number of hydrogen-bond acceptors (Lipinski definition) is 3. The molecule has 0 saturated heterocycles. The van der Waals surface area contributed by atoms with Crippen LogP contribution >= 0.6 is 15.9 Å². The van der Waals surface area contributed by atoms with Crippen molar-refractivity contribution in [2.24, 2.45) is 0 Å². The lowest BCUT2D eigenvalue weighted by Gasteiger charge is -2.13. The molecule has 7 rings (SSSR count). The standard InChI is InChI=1S/C33H20BrN3/c34-30-20-24(18-22-12-5-7-15-26(22)30)32-35-31(21-10-2-1-3-11-21)36-33(37-32)29-19-23-13-4-6-14-25(23)27-16-8-9-17-28(27)29/h1-20H. The van der Waals surface area contributed by atoms with Crippen LogP contribution in [0.4, 0.5) is 0 Å². The number of rotatable bonds is 3. The average molecular weight is 538 g/mol. The third kappa shape index (κ3) is 3.87.